The summed E-state index contributed by atoms with van der Waals surface area (Å²) in [4.78, 5) is 39.4. The first kappa shape index (κ1) is 27.9. The molecular weight excluding hydrogens is 506 g/mol. The average Bonchev–Trinajstić information content (AvgIpc) is 3.24. The third-order valence-corrected chi connectivity index (χ3v) is 6.99. The van der Waals surface area contributed by atoms with Gasteiger partial charge in [0.05, 0.1) is 42.9 Å². The number of rotatable bonds is 9. The maximum Gasteiger partial charge on any atom is 0.330 e. The SMILES string of the molecule is COC(=O)/C=C\C(C#N)C(c1ccccc1)(c1ccccc1)c1c(C)n(CC(=O)OC)n(-c2ccccc2)c1=O. The maximum atomic E-state index is 14.7. The molecule has 0 fully saturated rings. The van der Waals surface area contributed by atoms with E-state index in [2.05, 4.69) is 6.07 Å². The van der Waals surface area contributed by atoms with Crippen LogP contribution < -0.4 is 5.56 Å². The zero-order chi connectivity index (χ0) is 28.7. The highest BCUT2D eigenvalue weighted by atomic mass is 16.5. The minimum Gasteiger partial charge on any atom is -0.468 e. The Morgan fingerprint density at radius 2 is 1.43 bits per heavy atom. The monoisotopic (exact) mass is 535 g/mol. The second kappa shape index (κ2) is 12.1. The number of carbonyl (C=O) groups excluding carboxylic acids is 2. The van der Waals surface area contributed by atoms with Gasteiger partial charge in [-0.3, -0.25) is 14.3 Å². The normalized spacial score (nSPS) is 12.1. The maximum absolute atomic E-state index is 14.7. The topological polar surface area (TPSA) is 103 Å². The summed E-state index contributed by atoms with van der Waals surface area (Å²) in [6, 6.07) is 29.8. The molecule has 4 rings (SSSR count). The number of para-hydroxylation sites is 1. The van der Waals surface area contributed by atoms with Crippen LogP contribution in [0.4, 0.5) is 0 Å². The Labute approximate surface area is 232 Å². The molecule has 0 saturated heterocycles. The molecule has 0 aliphatic rings. The van der Waals surface area contributed by atoms with Gasteiger partial charge in [-0.1, -0.05) is 84.9 Å². The summed E-state index contributed by atoms with van der Waals surface area (Å²) < 4.78 is 12.8. The molecule has 1 aromatic heterocycles. The number of nitriles is 1. The van der Waals surface area contributed by atoms with Gasteiger partial charge in [0.1, 0.15) is 6.54 Å². The fourth-order valence-electron chi connectivity index (χ4n) is 5.20. The number of ether oxygens (including phenoxy) is 2. The van der Waals surface area contributed by atoms with Gasteiger partial charge < -0.3 is 9.47 Å². The molecule has 3 aromatic carbocycles. The van der Waals surface area contributed by atoms with E-state index < -0.39 is 28.8 Å². The molecule has 40 heavy (non-hydrogen) atoms. The van der Waals surface area contributed by atoms with E-state index in [1.165, 1.54) is 31.1 Å². The van der Waals surface area contributed by atoms with Crippen LogP contribution >= 0.6 is 0 Å². The number of benzene rings is 3. The third-order valence-electron chi connectivity index (χ3n) is 6.99. The summed E-state index contributed by atoms with van der Waals surface area (Å²) in [5.41, 5.74) is 0.848. The molecule has 0 spiro atoms. The molecule has 1 atom stereocenters. The summed E-state index contributed by atoms with van der Waals surface area (Å²) in [6.45, 7) is 1.51. The highest BCUT2D eigenvalue weighted by molar-refractivity contribution is 5.82. The first-order chi connectivity index (χ1) is 19.4. The van der Waals surface area contributed by atoms with Gasteiger partial charge in [-0.25, -0.2) is 9.48 Å². The smallest absolute Gasteiger partial charge is 0.330 e. The molecular formula is C32H29N3O5. The van der Waals surface area contributed by atoms with Crippen molar-refractivity contribution >= 4 is 11.9 Å². The molecule has 0 saturated carbocycles. The van der Waals surface area contributed by atoms with Crippen LogP contribution in [-0.4, -0.2) is 35.5 Å². The number of allylic oxidation sites excluding steroid dienone is 1. The van der Waals surface area contributed by atoms with Crippen LogP contribution in [0, 0.1) is 24.2 Å². The Kier molecular flexibility index (Phi) is 8.45. The first-order valence-electron chi connectivity index (χ1n) is 12.6. The molecule has 8 nitrogen and oxygen atoms in total. The Bertz CT molecular complexity index is 1570. The minimum atomic E-state index is -1.37. The van der Waals surface area contributed by atoms with Crippen LogP contribution in [0.25, 0.3) is 5.69 Å². The largest absolute Gasteiger partial charge is 0.468 e. The first-order valence-corrected chi connectivity index (χ1v) is 12.6. The number of hydrogen-bond donors (Lipinski definition) is 0. The molecule has 0 aliphatic carbocycles. The van der Waals surface area contributed by atoms with Gasteiger partial charge in [0.25, 0.3) is 5.56 Å². The highest BCUT2D eigenvalue weighted by Crippen LogP contribution is 2.46. The summed E-state index contributed by atoms with van der Waals surface area (Å²) in [6.07, 6.45) is 2.67. The second-order valence-electron chi connectivity index (χ2n) is 9.08. The molecule has 202 valence electrons. The van der Waals surface area contributed by atoms with Gasteiger partial charge in [0, 0.05) is 11.8 Å². The Morgan fingerprint density at radius 3 is 1.90 bits per heavy atom. The fraction of sp³-hybridized carbons (Fsp3) is 0.188. The van der Waals surface area contributed by atoms with Gasteiger partial charge in [-0.05, 0) is 30.2 Å². The zero-order valence-corrected chi connectivity index (χ0v) is 22.5. The van der Waals surface area contributed by atoms with E-state index in [9.17, 15) is 19.6 Å². The summed E-state index contributed by atoms with van der Waals surface area (Å²) in [5, 5.41) is 10.6. The molecule has 0 aliphatic heterocycles. The Balaban J connectivity index is 2.21. The van der Waals surface area contributed by atoms with Gasteiger partial charge in [-0.15, -0.1) is 0 Å². The van der Waals surface area contributed by atoms with E-state index >= 15 is 0 Å². The molecule has 0 amide bonds. The lowest BCUT2D eigenvalue weighted by Crippen LogP contribution is -2.41. The van der Waals surface area contributed by atoms with E-state index in [0.29, 0.717) is 28.1 Å². The highest BCUT2D eigenvalue weighted by Gasteiger charge is 2.48. The average molecular weight is 536 g/mol. The Hall–Kier alpha value is -5.16. The van der Waals surface area contributed by atoms with Gasteiger partial charge >= 0.3 is 11.9 Å². The predicted molar refractivity (Wildman–Crippen MR) is 150 cm³/mol. The van der Waals surface area contributed by atoms with Crippen LogP contribution in [0.1, 0.15) is 22.4 Å². The van der Waals surface area contributed by atoms with Crippen LogP contribution in [0.5, 0.6) is 0 Å². The third kappa shape index (κ3) is 4.97. The van der Waals surface area contributed by atoms with Crippen LogP contribution in [0.15, 0.2) is 108 Å². The second-order valence-corrected chi connectivity index (χ2v) is 9.08. The van der Waals surface area contributed by atoms with Crippen molar-refractivity contribution < 1.29 is 19.1 Å². The number of aromatic nitrogens is 2. The van der Waals surface area contributed by atoms with Crippen LogP contribution in [-0.2, 0) is 31.0 Å². The number of carbonyl (C=O) groups is 2. The van der Waals surface area contributed by atoms with Crippen molar-refractivity contribution in [1.82, 2.24) is 9.36 Å². The molecule has 1 unspecified atom stereocenters. The summed E-state index contributed by atoms with van der Waals surface area (Å²) in [5.74, 6) is -2.19. The number of hydrogen-bond acceptors (Lipinski definition) is 6. The lowest BCUT2D eigenvalue weighted by Gasteiger charge is -2.37. The van der Waals surface area contributed by atoms with Crippen molar-refractivity contribution in [2.24, 2.45) is 5.92 Å². The van der Waals surface area contributed by atoms with Crippen LogP contribution in [0.3, 0.4) is 0 Å². The lowest BCUT2D eigenvalue weighted by atomic mass is 9.62. The Morgan fingerprint density at radius 1 is 0.900 bits per heavy atom. The van der Waals surface area contributed by atoms with Crippen molar-refractivity contribution in [3.63, 3.8) is 0 Å². The van der Waals surface area contributed by atoms with Crippen molar-refractivity contribution in [3.8, 4) is 11.8 Å². The van der Waals surface area contributed by atoms with Crippen molar-refractivity contribution in [2.75, 3.05) is 14.2 Å². The fourth-order valence-corrected chi connectivity index (χ4v) is 5.20. The molecule has 0 radical (unpaired) electrons. The number of methoxy groups -OCH3 is 2. The quantitative estimate of drug-likeness (QED) is 0.234. The van der Waals surface area contributed by atoms with Crippen molar-refractivity contribution in [3.05, 3.63) is 136 Å². The molecule has 0 bridgehead atoms. The van der Waals surface area contributed by atoms with E-state index in [-0.39, 0.29) is 6.54 Å². The van der Waals surface area contributed by atoms with Crippen molar-refractivity contribution in [2.45, 2.75) is 18.9 Å². The molecule has 0 N–H and O–H groups in total. The standard InChI is InChI=1S/C32H29N3O5/c1-23-30(31(38)35(27-17-11-6-12-18-27)34(23)22-29(37)40-3)32(24-13-7-4-8-14-24,25-15-9-5-10-16-25)26(21-33)19-20-28(36)39-2/h4-20,26H,22H2,1-3H3/b20-19-. The van der Waals surface area contributed by atoms with Gasteiger partial charge in [0.15, 0.2) is 0 Å². The van der Waals surface area contributed by atoms with E-state index in [0.717, 1.165) is 0 Å². The minimum absolute atomic E-state index is 0.235. The predicted octanol–water partition coefficient (Wildman–Crippen LogP) is 4.32. The molecule has 4 aromatic rings. The zero-order valence-electron chi connectivity index (χ0n) is 22.5. The lowest BCUT2D eigenvalue weighted by molar-refractivity contribution is -0.141. The van der Waals surface area contributed by atoms with Gasteiger partial charge in [-0.2, -0.15) is 5.26 Å². The number of nitrogens with zero attached hydrogens (tertiary/aromatic N) is 3. The van der Waals surface area contributed by atoms with Gasteiger partial charge in [0.2, 0.25) is 0 Å². The summed E-state index contributed by atoms with van der Waals surface area (Å²) in [7, 11) is 2.54. The van der Waals surface area contributed by atoms with E-state index in [1.54, 1.807) is 35.9 Å². The van der Waals surface area contributed by atoms with Crippen LogP contribution in [0.2, 0.25) is 0 Å². The molecule has 1 heterocycles. The number of esters is 2. The van der Waals surface area contributed by atoms with E-state index in [1.807, 2.05) is 66.7 Å². The summed E-state index contributed by atoms with van der Waals surface area (Å²) >= 11 is 0. The molecule has 8 heteroatoms. The van der Waals surface area contributed by atoms with Crippen molar-refractivity contribution in [1.29, 1.82) is 5.26 Å². The van der Waals surface area contributed by atoms with E-state index in [4.69, 9.17) is 9.47 Å².